The molecule has 0 aromatic heterocycles. The molecule has 0 unspecified atom stereocenters. The van der Waals surface area contributed by atoms with E-state index in [4.69, 9.17) is 10.5 Å². The lowest BCUT2D eigenvalue weighted by atomic mass is 10.1. The summed E-state index contributed by atoms with van der Waals surface area (Å²) in [6, 6.07) is 21.8. The number of benzene rings is 3. The van der Waals surface area contributed by atoms with Gasteiger partial charge in [0.1, 0.15) is 18.2 Å². The molecule has 0 radical (unpaired) electrons. The number of nitrogens with zero attached hydrogens (tertiary/aromatic N) is 1. The van der Waals surface area contributed by atoms with E-state index in [9.17, 15) is 9.18 Å². The predicted molar refractivity (Wildman–Crippen MR) is 120 cm³/mol. The molecule has 1 amide bonds. The van der Waals surface area contributed by atoms with Crippen LogP contribution in [0.5, 0.6) is 5.75 Å². The number of rotatable bonds is 9. The fourth-order valence-corrected chi connectivity index (χ4v) is 3.49. The third kappa shape index (κ3) is 5.90. The van der Waals surface area contributed by atoms with Crippen molar-refractivity contribution in [3.8, 4) is 5.75 Å². The second kappa shape index (κ2) is 10.9. The Morgan fingerprint density at radius 2 is 1.73 bits per heavy atom. The van der Waals surface area contributed by atoms with E-state index in [0.29, 0.717) is 48.4 Å². The first-order valence-corrected chi connectivity index (χ1v) is 10.6. The first-order valence-electron chi connectivity index (χ1n) is 9.77. The number of ether oxygens (including phenoxy) is 1. The molecule has 4 nitrogen and oxygen atoms in total. The van der Waals surface area contributed by atoms with E-state index in [1.54, 1.807) is 29.2 Å². The number of hydrogen-bond donors (Lipinski definition) is 1. The van der Waals surface area contributed by atoms with Crippen molar-refractivity contribution in [1.29, 1.82) is 0 Å². The lowest BCUT2D eigenvalue weighted by Crippen LogP contribution is -2.33. The summed E-state index contributed by atoms with van der Waals surface area (Å²) in [7, 11) is 0. The maximum atomic E-state index is 13.6. The molecule has 0 aliphatic heterocycles. The highest BCUT2D eigenvalue weighted by Crippen LogP contribution is 2.23. The van der Waals surface area contributed by atoms with Crippen LogP contribution in [0, 0.1) is 5.82 Å². The normalized spacial score (nSPS) is 10.6. The number of halogens is 2. The van der Waals surface area contributed by atoms with E-state index in [2.05, 4.69) is 15.9 Å². The lowest BCUT2D eigenvalue weighted by molar-refractivity contribution is 0.0737. The molecule has 2 N–H and O–H groups in total. The maximum Gasteiger partial charge on any atom is 0.257 e. The third-order valence-electron chi connectivity index (χ3n) is 4.63. The highest BCUT2D eigenvalue weighted by atomic mass is 79.9. The molecular formula is C24H24BrFN2O2. The van der Waals surface area contributed by atoms with Gasteiger partial charge in [0, 0.05) is 13.1 Å². The highest BCUT2D eigenvalue weighted by Gasteiger charge is 2.20. The van der Waals surface area contributed by atoms with Gasteiger partial charge in [-0.2, -0.15) is 0 Å². The molecule has 30 heavy (non-hydrogen) atoms. The van der Waals surface area contributed by atoms with Crippen LogP contribution in [-0.2, 0) is 13.2 Å². The van der Waals surface area contributed by atoms with Crippen molar-refractivity contribution >= 4 is 21.8 Å². The molecule has 3 aromatic rings. The quantitative estimate of drug-likeness (QED) is 0.469. The number of hydrogen-bond acceptors (Lipinski definition) is 3. The van der Waals surface area contributed by atoms with Crippen molar-refractivity contribution in [2.75, 3.05) is 13.1 Å². The van der Waals surface area contributed by atoms with Crippen LogP contribution < -0.4 is 10.5 Å². The molecule has 0 bridgehead atoms. The maximum absolute atomic E-state index is 13.6. The zero-order chi connectivity index (χ0) is 21.3. The van der Waals surface area contributed by atoms with Crippen LogP contribution in [0.4, 0.5) is 4.39 Å². The van der Waals surface area contributed by atoms with Crippen LogP contribution in [0.1, 0.15) is 27.9 Å². The van der Waals surface area contributed by atoms with Crippen molar-refractivity contribution in [1.82, 2.24) is 4.90 Å². The molecule has 0 spiro atoms. The Morgan fingerprint density at radius 3 is 2.47 bits per heavy atom. The number of carbonyl (C=O) groups is 1. The predicted octanol–water partition coefficient (Wildman–Crippen LogP) is 5.16. The van der Waals surface area contributed by atoms with Crippen LogP contribution in [0.2, 0.25) is 0 Å². The van der Waals surface area contributed by atoms with Crippen LogP contribution in [0.3, 0.4) is 0 Å². The summed E-state index contributed by atoms with van der Waals surface area (Å²) in [5, 5.41) is 0. The topological polar surface area (TPSA) is 55.6 Å². The van der Waals surface area contributed by atoms with E-state index >= 15 is 0 Å². The monoisotopic (exact) mass is 470 g/mol. The van der Waals surface area contributed by atoms with Gasteiger partial charge in [-0.05, 0) is 64.3 Å². The summed E-state index contributed by atoms with van der Waals surface area (Å²) >= 11 is 3.21. The Labute approximate surface area is 184 Å². The molecule has 0 saturated heterocycles. The van der Waals surface area contributed by atoms with Crippen LogP contribution in [0.25, 0.3) is 0 Å². The Morgan fingerprint density at radius 1 is 1.00 bits per heavy atom. The van der Waals surface area contributed by atoms with Crippen molar-refractivity contribution in [2.24, 2.45) is 5.73 Å². The SMILES string of the molecule is NCCCN(Cc1ccc(F)c(Br)c1)C(=O)c1ccccc1OCc1ccccc1. The van der Waals surface area contributed by atoms with Gasteiger partial charge in [-0.15, -0.1) is 0 Å². The molecular weight excluding hydrogens is 447 g/mol. The van der Waals surface area contributed by atoms with E-state index in [1.165, 1.54) is 6.07 Å². The van der Waals surface area contributed by atoms with Gasteiger partial charge in [-0.3, -0.25) is 4.79 Å². The average Bonchev–Trinajstić information content (AvgIpc) is 2.78. The summed E-state index contributed by atoms with van der Waals surface area (Å²) in [6.07, 6.45) is 0.668. The highest BCUT2D eigenvalue weighted by molar-refractivity contribution is 9.10. The minimum absolute atomic E-state index is 0.146. The smallest absolute Gasteiger partial charge is 0.257 e. The first kappa shape index (κ1) is 22.0. The molecule has 156 valence electrons. The summed E-state index contributed by atoms with van der Waals surface area (Å²) in [5.41, 5.74) is 8.02. The summed E-state index contributed by atoms with van der Waals surface area (Å²) in [6.45, 7) is 1.70. The molecule has 3 aromatic carbocycles. The lowest BCUT2D eigenvalue weighted by Gasteiger charge is -2.24. The van der Waals surface area contributed by atoms with Crippen LogP contribution in [-0.4, -0.2) is 23.9 Å². The minimum Gasteiger partial charge on any atom is -0.488 e. The summed E-state index contributed by atoms with van der Waals surface area (Å²) in [5.74, 6) is 0.0511. The van der Waals surface area contributed by atoms with Crippen LogP contribution >= 0.6 is 15.9 Å². The second-order valence-corrected chi connectivity index (χ2v) is 7.74. The Bertz CT molecular complexity index is 982. The Hall–Kier alpha value is -2.70. The zero-order valence-electron chi connectivity index (χ0n) is 16.6. The number of amides is 1. The molecule has 0 fully saturated rings. The zero-order valence-corrected chi connectivity index (χ0v) is 18.1. The van der Waals surface area contributed by atoms with Crippen LogP contribution in [0.15, 0.2) is 77.3 Å². The molecule has 0 saturated carbocycles. The van der Waals surface area contributed by atoms with Gasteiger partial charge in [-0.1, -0.05) is 48.5 Å². The minimum atomic E-state index is -0.335. The first-order chi connectivity index (χ1) is 14.6. The molecule has 3 rings (SSSR count). The molecule has 6 heteroatoms. The van der Waals surface area contributed by atoms with Gasteiger partial charge in [0.05, 0.1) is 10.0 Å². The number of nitrogens with two attached hydrogens (primary N) is 1. The molecule has 0 heterocycles. The third-order valence-corrected chi connectivity index (χ3v) is 5.24. The molecule has 0 aliphatic carbocycles. The van der Waals surface area contributed by atoms with E-state index in [0.717, 1.165) is 11.1 Å². The number of carbonyl (C=O) groups excluding carboxylic acids is 1. The molecule has 0 atom stereocenters. The van der Waals surface area contributed by atoms with E-state index in [1.807, 2.05) is 42.5 Å². The summed E-state index contributed by atoms with van der Waals surface area (Å²) < 4.78 is 19.9. The van der Waals surface area contributed by atoms with E-state index in [-0.39, 0.29) is 11.7 Å². The van der Waals surface area contributed by atoms with Crippen molar-refractivity contribution in [2.45, 2.75) is 19.6 Å². The standard InChI is InChI=1S/C24H24BrFN2O2/c25-21-15-19(11-12-22(21)26)16-28(14-6-13-27)24(29)20-9-4-5-10-23(20)30-17-18-7-2-1-3-8-18/h1-5,7-12,15H,6,13-14,16-17,27H2. The van der Waals surface area contributed by atoms with Crippen molar-refractivity contribution < 1.29 is 13.9 Å². The van der Waals surface area contributed by atoms with Crippen molar-refractivity contribution in [3.05, 3.63) is 99.8 Å². The fraction of sp³-hybridized carbons (Fsp3) is 0.208. The Balaban J connectivity index is 1.80. The summed E-state index contributed by atoms with van der Waals surface area (Å²) in [4.78, 5) is 15.1. The van der Waals surface area contributed by atoms with Crippen molar-refractivity contribution in [3.63, 3.8) is 0 Å². The van der Waals surface area contributed by atoms with Gasteiger partial charge in [0.15, 0.2) is 0 Å². The van der Waals surface area contributed by atoms with E-state index < -0.39 is 0 Å². The van der Waals surface area contributed by atoms with Gasteiger partial charge in [-0.25, -0.2) is 4.39 Å². The van der Waals surface area contributed by atoms with Gasteiger partial charge < -0.3 is 15.4 Å². The largest absolute Gasteiger partial charge is 0.488 e. The average molecular weight is 471 g/mol. The van der Waals surface area contributed by atoms with Gasteiger partial charge in [0.25, 0.3) is 5.91 Å². The van der Waals surface area contributed by atoms with Gasteiger partial charge >= 0.3 is 0 Å². The second-order valence-electron chi connectivity index (χ2n) is 6.89. The van der Waals surface area contributed by atoms with Gasteiger partial charge in [0.2, 0.25) is 0 Å². The molecule has 0 aliphatic rings. The Kier molecular flexibility index (Phi) is 7.99. The number of para-hydroxylation sites is 1. The fourth-order valence-electron chi connectivity index (χ4n) is 3.07.